The van der Waals surface area contributed by atoms with Crippen LogP contribution in [0.15, 0.2) is 29.4 Å². The maximum Gasteiger partial charge on any atom is 0.490 e. The molecule has 158 valence electrons. The summed E-state index contributed by atoms with van der Waals surface area (Å²) in [4.78, 5) is 28.3. The molecule has 1 aromatic rings. The summed E-state index contributed by atoms with van der Waals surface area (Å²) < 4.78 is 48.8. The second-order valence-corrected chi connectivity index (χ2v) is 7.98. The Morgan fingerprint density at radius 1 is 1.48 bits per heavy atom. The highest BCUT2D eigenvalue weighted by molar-refractivity contribution is 9.10. The number of piperidine rings is 1. The number of pyridine rings is 1. The van der Waals surface area contributed by atoms with Crippen LogP contribution in [0, 0.1) is 12.3 Å². The number of carbonyl (C=O) groups is 2. The fourth-order valence-corrected chi connectivity index (χ4v) is 3.85. The number of anilines is 1. The molecule has 2 N–H and O–H groups in total. The highest BCUT2D eigenvalue weighted by atomic mass is 79.9. The molecule has 29 heavy (non-hydrogen) atoms. The van der Waals surface area contributed by atoms with Crippen molar-refractivity contribution in [3.05, 3.63) is 35.0 Å². The zero-order chi connectivity index (χ0) is 21.4. The van der Waals surface area contributed by atoms with Crippen LogP contribution in [0.25, 0.3) is 0 Å². The van der Waals surface area contributed by atoms with Crippen LogP contribution in [-0.4, -0.2) is 48.0 Å². The number of hydrogen-bond acceptors (Lipinski definition) is 6. The van der Waals surface area contributed by atoms with E-state index in [1.165, 1.54) is 6.08 Å². The Labute approximate surface area is 173 Å². The largest absolute Gasteiger partial charge is 0.490 e. The third kappa shape index (κ3) is 4.31. The summed E-state index contributed by atoms with van der Waals surface area (Å²) in [7, 11) is 0. The summed E-state index contributed by atoms with van der Waals surface area (Å²) in [5.41, 5.74) is -1.80. The number of esters is 1. The van der Waals surface area contributed by atoms with Crippen LogP contribution in [0.5, 0.6) is 0 Å². The summed E-state index contributed by atoms with van der Waals surface area (Å²) in [5, 5.41) is 5.42. The van der Waals surface area contributed by atoms with Crippen molar-refractivity contribution < 1.29 is 32.2 Å². The molecule has 2 fully saturated rings. The molecule has 0 aromatic carbocycles. The summed E-state index contributed by atoms with van der Waals surface area (Å²) in [5.74, 6) is -2.47. The van der Waals surface area contributed by atoms with Crippen molar-refractivity contribution in [2.45, 2.75) is 37.7 Å². The summed E-state index contributed by atoms with van der Waals surface area (Å²) in [6, 6.07) is 2.59. The SMILES string of the molecule is C=CCOC[C@@]12C[C@@H](C(=O)Nc3nc(Br)ccc3C)N[C@@]1(OC(=O)C(F)(F)F)C2. The van der Waals surface area contributed by atoms with E-state index in [0.717, 1.165) is 0 Å². The van der Waals surface area contributed by atoms with Crippen LogP contribution in [0.1, 0.15) is 18.4 Å². The van der Waals surface area contributed by atoms with Crippen molar-refractivity contribution in [3.8, 4) is 0 Å². The fraction of sp³-hybridized carbons (Fsp3) is 0.500. The minimum absolute atomic E-state index is 0.0229. The van der Waals surface area contributed by atoms with Gasteiger partial charge in [-0.1, -0.05) is 12.1 Å². The molecule has 11 heteroatoms. The van der Waals surface area contributed by atoms with Crippen molar-refractivity contribution in [2.24, 2.45) is 5.41 Å². The number of ether oxygens (including phenoxy) is 2. The van der Waals surface area contributed by atoms with E-state index in [1.54, 1.807) is 19.1 Å². The number of alkyl halides is 3. The third-order valence-electron chi connectivity index (χ3n) is 5.05. The van der Waals surface area contributed by atoms with Crippen molar-refractivity contribution in [3.63, 3.8) is 0 Å². The first-order valence-electron chi connectivity index (χ1n) is 8.72. The molecule has 1 amide bonds. The van der Waals surface area contributed by atoms with E-state index in [4.69, 9.17) is 9.47 Å². The number of carbonyl (C=O) groups excluding carboxylic acids is 2. The second kappa shape index (κ2) is 7.69. The van der Waals surface area contributed by atoms with E-state index in [-0.39, 0.29) is 26.1 Å². The maximum atomic E-state index is 12.7. The van der Waals surface area contributed by atoms with Crippen LogP contribution in [0.2, 0.25) is 0 Å². The van der Waals surface area contributed by atoms with Gasteiger partial charge in [-0.2, -0.15) is 13.2 Å². The Hall–Kier alpha value is -1.98. The van der Waals surface area contributed by atoms with Gasteiger partial charge in [-0.25, -0.2) is 9.78 Å². The summed E-state index contributed by atoms with van der Waals surface area (Å²) >= 11 is 3.22. The molecule has 2 heterocycles. The van der Waals surface area contributed by atoms with Gasteiger partial charge in [-0.05, 0) is 40.9 Å². The van der Waals surface area contributed by atoms with E-state index in [2.05, 4.69) is 38.1 Å². The minimum Gasteiger partial charge on any atom is -0.436 e. The van der Waals surface area contributed by atoms with E-state index in [0.29, 0.717) is 16.0 Å². The number of fused-ring (bicyclic) bond motifs is 1. The molecule has 7 nitrogen and oxygen atoms in total. The van der Waals surface area contributed by atoms with Crippen LogP contribution >= 0.6 is 15.9 Å². The molecule has 2 aliphatic rings. The number of rotatable bonds is 7. The minimum atomic E-state index is -5.13. The predicted octanol–water partition coefficient (Wildman–Crippen LogP) is 2.85. The molecule has 0 bridgehead atoms. The molecule has 1 saturated carbocycles. The second-order valence-electron chi connectivity index (χ2n) is 7.16. The van der Waals surface area contributed by atoms with Gasteiger partial charge in [0.25, 0.3) is 0 Å². The molecule has 3 rings (SSSR count). The maximum absolute atomic E-state index is 12.7. The molecule has 1 aliphatic carbocycles. The van der Waals surface area contributed by atoms with Crippen molar-refractivity contribution in [2.75, 3.05) is 18.5 Å². The Kier molecular flexibility index (Phi) is 5.76. The van der Waals surface area contributed by atoms with Gasteiger partial charge in [0.1, 0.15) is 10.4 Å². The summed E-state index contributed by atoms with van der Waals surface area (Å²) in [6.45, 7) is 5.48. The van der Waals surface area contributed by atoms with Gasteiger partial charge in [-0.15, -0.1) is 6.58 Å². The van der Waals surface area contributed by atoms with Crippen molar-refractivity contribution in [1.29, 1.82) is 0 Å². The smallest absolute Gasteiger partial charge is 0.436 e. The zero-order valence-corrected chi connectivity index (χ0v) is 17.0. The molecule has 1 saturated heterocycles. The number of hydrogen-bond donors (Lipinski definition) is 2. The van der Waals surface area contributed by atoms with E-state index in [9.17, 15) is 22.8 Å². The Bertz CT molecular complexity index is 850. The van der Waals surface area contributed by atoms with E-state index < -0.39 is 35.2 Å². The number of amides is 1. The first kappa shape index (κ1) is 21.7. The lowest BCUT2D eigenvalue weighted by Crippen LogP contribution is -2.46. The highest BCUT2D eigenvalue weighted by Crippen LogP contribution is 2.64. The Morgan fingerprint density at radius 3 is 2.86 bits per heavy atom. The summed E-state index contributed by atoms with van der Waals surface area (Å²) in [6.07, 6.45) is -3.37. The number of aryl methyl sites for hydroxylation is 1. The topological polar surface area (TPSA) is 89.6 Å². The van der Waals surface area contributed by atoms with Gasteiger partial charge in [0, 0.05) is 6.42 Å². The average Bonchev–Trinajstić information content (AvgIpc) is 3.11. The highest BCUT2D eigenvalue weighted by Gasteiger charge is 2.77. The quantitative estimate of drug-likeness (QED) is 0.271. The monoisotopic (exact) mass is 477 g/mol. The van der Waals surface area contributed by atoms with Crippen molar-refractivity contribution >= 4 is 33.6 Å². The lowest BCUT2D eigenvalue weighted by atomic mass is 10.00. The van der Waals surface area contributed by atoms with E-state index >= 15 is 0 Å². The molecule has 1 aliphatic heterocycles. The van der Waals surface area contributed by atoms with Gasteiger partial charge < -0.3 is 14.8 Å². The van der Waals surface area contributed by atoms with Crippen LogP contribution < -0.4 is 10.6 Å². The number of aromatic nitrogens is 1. The fourth-order valence-electron chi connectivity index (χ4n) is 3.54. The molecule has 3 atom stereocenters. The zero-order valence-electron chi connectivity index (χ0n) is 15.4. The normalized spacial score (nSPS) is 27.8. The molecular weight excluding hydrogens is 459 g/mol. The molecule has 1 aromatic heterocycles. The van der Waals surface area contributed by atoms with Crippen LogP contribution in [0.4, 0.5) is 19.0 Å². The van der Waals surface area contributed by atoms with Gasteiger partial charge in [0.05, 0.1) is 24.7 Å². The Morgan fingerprint density at radius 2 is 2.21 bits per heavy atom. The number of nitrogens with zero attached hydrogens (tertiary/aromatic N) is 1. The van der Waals surface area contributed by atoms with Gasteiger partial charge in [0.2, 0.25) is 5.91 Å². The lowest BCUT2D eigenvalue weighted by Gasteiger charge is -2.21. The molecule has 0 radical (unpaired) electrons. The van der Waals surface area contributed by atoms with Crippen LogP contribution in [0.3, 0.4) is 0 Å². The van der Waals surface area contributed by atoms with Crippen LogP contribution in [-0.2, 0) is 19.1 Å². The number of nitrogens with one attached hydrogen (secondary N) is 2. The molecule has 0 spiro atoms. The van der Waals surface area contributed by atoms with E-state index in [1.807, 2.05) is 0 Å². The van der Waals surface area contributed by atoms with Gasteiger partial charge in [0.15, 0.2) is 5.72 Å². The van der Waals surface area contributed by atoms with Gasteiger partial charge in [-0.3, -0.25) is 10.1 Å². The van der Waals surface area contributed by atoms with Crippen molar-refractivity contribution in [1.82, 2.24) is 10.3 Å². The molecular formula is C18H19BrF3N3O4. The van der Waals surface area contributed by atoms with Gasteiger partial charge >= 0.3 is 12.1 Å². The average molecular weight is 478 g/mol. The third-order valence-corrected chi connectivity index (χ3v) is 5.50. The Balaban J connectivity index is 1.75. The predicted molar refractivity (Wildman–Crippen MR) is 99.8 cm³/mol. The lowest BCUT2D eigenvalue weighted by molar-refractivity contribution is -0.210. The molecule has 0 unspecified atom stereocenters. The first-order chi connectivity index (χ1) is 13.5. The standard InChI is InChI=1S/C18H19BrF3N3O4/c1-3-6-28-9-16-7-11(14(26)24-13-10(2)4-5-12(19)23-13)25-17(16,8-16)29-15(27)18(20,21)22/h3-5,11,25H,1,6-9H2,2H3,(H,23,24,26)/t11-,16-,17+/m0/s1. The first-order valence-corrected chi connectivity index (χ1v) is 9.52. The number of halogens is 4.